The average Bonchev–Trinajstić information content (AvgIpc) is 3.87. The van der Waals surface area contributed by atoms with Crippen LogP contribution in [0.5, 0.6) is 0 Å². The first-order chi connectivity index (χ1) is 30.9. The van der Waals surface area contributed by atoms with Crippen molar-refractivity contribution in [3.05, 3.63) is 194 Å². The summed E-state index contributed by atoms with van der Waals surface area (Å²) in [7, 11) is 0. The smallest absolute Gasteiger partial charge is 0.143 e. The van der Waals surface area contributed by atoms with E-state index in [0.717, 1.165) is 38.3 Å². The Bertz CT molecular complexity index is 3750. The van der Waals surface area contributed by atoms with E-state index in [-0.39, 0.29) is 33.4 Å². The van der Waals surface area contributed by atoms with Crippen molar-refractivity contribution in [3.63, 3.8) is 0 Å². The predicted octanol–water partition coefficient (Wildman–Crippen LogP) is 14.1. The monoisotopic (exact) mass is 687 g/mol. The molecule has 0 amide bonds. The molecule has 11 aromatic rings. The van der Waals surface area contributed by atoms with Crippen molar-refractivity contribution >= 4 is 82.4 Å². The van der Waals surface area contributed by atoms with E-state index in [0.29, 0.717) is 27.5 Å². The maximum absolute atomic E-state index is 9.79. The van der Waals surface area contributed by atoms with E-state index in [1.165, 1.54) is 4.90 Å². The SMILES string of the molecule is [2H]c1c([2H])c(N(c2c([2H])c([2H])c([2H])c3c([2H])c([2H])c([2H])c([2H])c23)c2cccc3oc4c5ccccc5ccc4c23)c([2H])c([2H])c1-c1cccc(-n2c3ccccc3c3ccccc32)c1. The molecule has 0 fully saturated rings. The van der Waals surface area contributed by atoms with Crippen LogP contribution in [-0.4, -0.2) is 4.57 Å². The average molecular weight is 688 g/mol. The highest BCUT2D eigenvalue weighted by Crippen LogP contribution is 2.46. The fourth-order valence-electron chi connectivity index (χ4n) is 7.60. The van der Waals surface area contributed by atoms with Gasteiger partial charge in [-0.05, 0) is 82.5 Å². The molecule has 0 saturated carbocycles. The van der Waals surface area contributed by atoms with Gasteiger partial charge in [0.25, 0.3) is 0 Å². The minimum absolute atomic E-state index is 0.0142. The molecule has 0 saturated heterocycles. The van der Waals surface area contributed by atoms with Gasteiger partial charge in [0.05, 0.1) is 42.9 Å². The summed E-state index contributed by atoms with van der Waals surface area (Å²) in [6.07, 6.45) is 0. The second kappa shape index (κ2) is 11.7. The van der Waals surface area contributed by atoms with Gasteiger partial charge in [0.1, 0.15) is 11.2 Å². The lowest BCUT2D eigenvalue weighted by molar-refractivity contribution is 0.672. The van der Waals surface area contributed by atoms with Crippen LogP contribution in [-0.2, 0) is 0 Å². The van der Waals surface area contributed by atoms with Crippen LogP contribution in [0.1, 0.15) is 15.1 Å². The molecule has 0 atom stereocenters. The molecule has 3 heteroatoms. The highest BCUT2D eigenvalue weighted by atomic mass is 16.3. The molecule has 2 aromatic heterocycles. The summed E-state index contributed by atoms with van der Waals surface area (Å²) in [5.74, 6) is 0. The van der Waals surface area contributed by atoms with E-state index >= 15 is 0 Å². The van der Waals surface area contributed by atoms with Gasteiger partial charge in [-0.2, -0.15) is 0 Å². The third kappa shape index (κ3) is 4.61. The van der Waals surface area contributed by atoms with Crippen LogP contribution in [0.4, 0.5) is 17.1 Å². The maximum Gasteiger partial charge on any atom is 0.143 e. The first-order valence-corrected chi connectivity index (χ1v) is 17.2. The highest BCUT2D eigenvalue weighted by molar-refractivity contribution is 6.20. The molecule has 11 rings (SSSR count). The molecule has 0 aliphatic heterocycles. The normalized spacial score (nSPS) is 14.7. The summed E-state index contributed by atoms with van der Waals surface area (Å²) in [5, 5.41) is 4.27. The third-order valence-electron chi connectivity index (χ3n) is 9.93. The Morgan fingerprint density at radius 1 is 0.472 bits per heavy atom. The first kappa shape index (κ1) is 20.7. The van der Waals surface area contributed by atoms with Crippen molar-refractivity contribution in [2.24, 2.45) is 0 Å². The minimum Gasteiger partial charge on any atom is -0.455 e. The number of anilines is 3. The van der Waals surface area contributed by atoms with Crippen molar-refractivity contribution in [3.8, 4) is 16.8 Å². The molecule has 0 spiro atoms. The number of hydrogen-bond acceptors (Lipinski definition) is 2. The molecule has 9 aromatic carbocycles. The van der Waals surface area contributed by atoms with E-state index in [2.05, 4.69) is 16.7 Å². The number of rotatable bonds is 5. The molecule has 3 nitrogen and oxygen atoms in total. The van der Waals surface area contributed by atoms with Crippen molar-refractivity contribution in [2.75, 3.05) is 4.90 Å². The van der Waals surface area contributed by atoms with Crippen molar-refractivity contribution in [1.29, 1.82) is 0 Å². The summed E-state index contributed by atoms with van der Waals surface area (Å²) in [4.78, 5) is 1.29. The summed E-state index contributed by atoms with van der Waals surface area (Å²) in [6.45, 7) is 0. The Morgan fingerprint density at radius 2 is 1.19 bits per heavy atom. The zero-order chi connectivity index (χ0) is 44.5. The Kier molecular flexibility index (Phi) is 4.57. The lowest BCUT2D eigenvalue weighted by Gasteiger charge is -2.27. The number of nitrogens with zero attached hydrogens (tertiary/aromatic N) is 2. The van der Waals surface area contributed by atoms with Crippen LogP contribution < -0.4 is 4.90 Å². The number of para-hydroxylation sites is 2. The lowest BCUT2D eigenvalue weighted by Crippen LogP contribution is -2.10. The quantitative estimate of drug-likeness (QED) is 0.180. The molecule has 0 bridgehead atoms. The van der Waals surface area contributed by atoms with Crippen molar-refractivity contribution in [1.82, 2.24) is 4.57 Å². The Morgan fingerprint density at radius 3 is 2.02 bits per heavy atom. The van der Waals surface area contributed by atoms with Gasteiger partial charge in [-0.25, -0.2) is 0 Å². The van der Waals surface area contributed by atoms with Gasteiger partial charge in [0.2, 0.25) is 0 Å². The Balaban J connectivity index is 1.23. The minimum atomic E-state index is -0.651. The second-order valence-electron chi connectivity index (χ2n) is 12.9. The maximum atomic E-state index is 9.79. The van der Waals surface area contributed by atoms with E-state index in [1.54, 1.807) is 30.3 Å². The van der Waals surface area contributed by atoms with Crippen LogP contribution in [0.15, 0.2) is 198 Å². The molecular formula is C50H32N2O. The fraction of sp³-hybridized carbons (Fsp3) is 0. The second-order valence-corrected chi connectivity index (χ2v) is 12.9. The Hall–Kier alpha value is -7.10. The summed E-state index contributed by atoms with van der Waals surface area (Å²) in [6, 6.07) is 33.7. The molecule has 53 heavy (non-hydrogen) atoms. The molecule has 2 heterocycles. The van der Waals surface area contributed by atoms with E-state index < -0.39 is 66.5 Å². The number of benzene rings is 9. The van der Waals surface area contributed by atoms with Crippen LogP contribution in [0, 0.1) is 0 Å². The largest absolute Gasteiger partial charge is 0.455 e. The molecule has 0 aliphatic rings. The molecule has 0 radical (unpaired) electrons. The van der Waals surface area contributed by atoms with Gasteiger partial charge in [-0.1, -0.05) is 133 Å². The molecule has 0 N–H and O–H groups in total. The fourth-order valence-corrected chi connectivity index (χ4v) is 7.60. The first-order valence-electron chi connectivity index (χ1n) is 22.7. The van der Waals surface area contributed by atoms with Gasteiger partial charge in [-0.15, -0.1) is 0 Å². The van der Waals surface area contributed by atoms with Crippen LogP contribution in [0.3, 0.4) is 0 Å². The molecular weight excluding hydrogens is 645 g/mol. The topological polar surface area (TPSA) is 21.3 Å². The molecule has 248 valence electrons. The predicted molar refractivity (Wildman–Crippen MR) is 223 cm³/mol. The van der Waals surface area contributed by atoms with Crippen molar-refractivity contribution < 1.29 is 19.5 Å². The molecule has 0 unspecified atom stereocenters. The van der Waals surface area contributed by atoms with Gasteiger partial charge in [0.15, 0.2) is 0 Å². The van der Waals surface area contributed by atoms with Crippen LogP contribution in [0.2, 0.25) is 0 Å². The van der Waals surface area contributed by atoms with Crippen LogP contribution in [0.25, 0.3) is 82.1 Å². The number of fused-ring (bicyclic) bond motifs is 9. The highest BCUT2D eigenvalue weighted by Gasteiger charge is 2.22. The molecule has 0 aliphatic carbocycles. The lowest BCUT2D eigenvalue weighted by atomic mass is 10.0. The van der Waals surface area contributed by atoms with Gasteiger partial charge >= 0.3 is 0 Å². The summed E-state index contributed by atoms with van der Waals surface area (Å²) in [5.41, 5.74) is 3.52. The summed E-state index contributed by atoms with van der Waals surface area (Å²) < 4.78 is 110. The third-order valence-corrected chi connectivity index (χ3v) is 9.93. The van der Waals surface area contributed by atoms with Gasteiger partial charge < -0.3 is 13.9 Å². The van der Waals surface area contributed by atoms with Gasteiger partial charge in [0, 0.05) is 38.3 Å². The standard InChI is InChI=1S/C50H32N2O/c1-3-17-39-34(12-1)14-10-23-44(39)51(47-24-11-25-48-49(47)43-31-28-35-13-2-4-18-40(35)50(43)53-48)37-29-26-33(27-30-37)36-15-9-16-38(32-36)52-45-21-7-5-19-41(45)42-20-6-8-22-46(42)52/h1-32H/i1D,3D,10D,12D,14D,17D,23D,26D,27D,29D,30D. The van der Waals surface area contributed by atoms with E-state index in [4.69, 9.17) is 11.3 Å². The zero-order valence-corrected chi connectivity index (χ0v) is 27.9. The zero-order valence-electron chi connectivity index (χ0n) is 38.9. The van der Waals surface area contributed by atoms with E-state index in [1.807, 2.05) is 84.9 Å². The number of aromatic nitrogens is 1. The van der Waals surface area contributed by atoms with E-state index in [9.17, 15) is 8.22 Å². The van der Waals surface area contributed by atoms with Crippen molar-refractivity contribution in [2.45, 2.75) is 0 Å². The number of furan rings is 1. The number of hydrogen-bond donors (Lipinski definition) is 0. The summed E-state index contributed by atoms with van der Waals surface area (Å²) >= 11 is 0. The Labute approximate surface area is 321 Å². The van der Waals surface area contributed by atoms with Crippen LogP contribution >= 0.6 is 0 Å². The van der Waals surface area contributed by atoms with Gasteiger partial charge in [-0.3, -0.25) is 0 Å².